The Morgan fingerprint density at radius 3 is 2.77 bits per heavy atom. The molecule has 0 spiro atoms. The van der Waals surface area contributed by atoms with Crippen LogP contribution >= 0.6 is 0 Å². The van der Waals surface area contributed by atoms with E-state index in [0.29, 0.717) is 11.4 Å². The lowest BCUT2D eigenvalue weighted by Gasteiger charge is -2.17. The van der Waals surface area contributed by atoms with Crippen molar-refractivity contribution in [3.05, 3.63) is 57.5 Å². The third-order valence-electron chi connectivity index (χ3n) is 3.09. The van der Waals surface area contributed by atoms with Gasteiger partial charge in [0.05, 0.1) is 23.2 Å². The zero-order valence-corrected chi connectivity index (χ0v) is 12.2. The van der Waals surface area contributed by atoms with Crippen molar-refractivity contribution in [2.75, 3.05) is 19.0 Å². The highest BCUT2D eigenvalue weighted by molar-refractivity contribution is 5.64. The number of anilines is 1. The molecule has 0 aliphatic carbocycles. The minimum absolute atomic E-state index is 0.163. The average molecular weight is 301 g/mol. The normalized spacial score (nSPS) is 11.7. The molecule has 0 saturated carbocycles. The fourth-order valence-corrected chi connectivity index (χ4v) is 2.06. The van der Waals surface area contributed by atoms with E-state index in [1.165, 1.54) is 25.3 Å². The second-order valence-electron chi connectivity index (χ2n) is 4.70. The van der Waals surface area contributed by atoms with Crippen molar-refractivity contribution in [2.45, 2.75) is 13.0 Å². The number of nitriles is 1. The quantitative estimate of drug-likeness (QED) is 0.649. The van der Waals surface area contributed by atoms with E-state index < -0.39 is 4.92 Å². The Labute approximate surface area is 127 Å². The van der Waals surface area contributed by atoms with Crippen LogP contribution in [0.15, 0.2) is 34.7 Å². The first-order valence-electron chi connectivity index (χ1n) is 6.55. The standard InChI is InChI=1S/C15H15N3O4/c1-10-3-6-15(22-10)13(9-21-2)17-12-5-4-11(8-16)7-14(12)18(19)20/h3-7,13,17H,9H2,1-2H3/t13-/m0/s1. The number of benzene rings is 1. The number of nitro groups is 1. The van der Waals surface area contributed by atoms with Gasteiger partial charge < -0.3 is 14.5 Å². The largest absolute Gasteiger partial charge is 0.464 e. The molecule has 1 aromatic heterocycles. The molecule has 2 rings (SSSR count). The van der Waals surface area contributed by atoms with Gasteiger partial charge in [-0.2, -0.15) is 5.26 Å². The first-order valence-corrected chi connectivity index (χ1v) is 6.55. The average Bonchev–Trinajstić information content (AvgIpc) is 2.93. The van der Waals surface area contributed by atoms with Crippen LogP contribution < -0.4 is 5.32 Å². The monoisotopic (exact) mass is 301 g/mol. The smallest absolute Gasteiger partial charge is 0.293 e. The van der Waals surface area contributed by atoms with Gasteiger partial charge in [0.25, 0.3) is 5.69 Å². The van der Waals surface area contributed by atoms with E-state index in [1.54, 1.807) is 6.07 Å². The third-order valence-corrected chi connectivity index (χ3v) is 3.09. The molecule has 0 saturated heterocycles. The summed E-state index contributed by atoms with van der Waals surface area (Å²) in [7, 11) is 1.54. The van der Waals surface area contributed by atoms with Gasteiger partial charge in [0, 0.05) is 13.2 Å². The molecular formula is C15H15N3O4. The Balaban J connectivity index is 2.34. The predicted octanol–water partition coefficient (Wildman–Crippen LogP) is 3.17. The highest BCUT2D eigenvalue weighted by Gasteiger charge is 2.21. The summed E-state index contributed by atoms with van der Waals surface area (Å²) in [6.07, 6.45) is 0. The zero-order chi connectivity index (χ0) is 16.1. The van der Waals surface area contributed by atoms with Gasteiger partial charge in [-0.25, -0.2) is 0 Å². The minimum atomic E-state index is -0.527. The Hall–Kier alpha value is -2.85. The van der Waals surface area contributed by atoms with Crippen LogP contribution in [-0.4, -0.2) is 18.6 Å². The number of nitro benzene ring substituents is 1. The van der Waals surface area contributed by atoms with Gasteiger partial charge in [-0.1, -0.05) is 0 Å². The maximum absolute atomic E-state index is 11.2. The third kappa shape index (κ3) is 3.42. The second-order valence-corrected chi connectivity index (χ2v) is 4.70. The molecule has 7 heteroatoms. The Bertz CT molecular complexity index is 718. The molecule has 114 valence electrons. The molecule has 0 aliphatic rings. The SMILES string of the molecule is COC[C@H](Nc1ccc(C#N)cc1[N+](=O)[O-])c1ccc(C)o1. The molecule has 1 N–H and O–H groups in total. The van der Waals surface area contributed by atoms with Crippen molar-refractivity contribution in [2.24, 2.45) is 0 Å². The van der Waals surface area contributed by atoms with E-state index in [-0.39, 0.29) is 23.9 Å². The molecule has 0 radical (unpaired) electrons. The van der Waals surface area contributed by atoms with Crippen molar-refractivity contribution in [3.8, 4) is 6.07 Å². The zero-order valence-electron chi connectivity index (χ0n) is 12.2. The number of methoxy groups -OCH3 is 1. The van der Waals surface area contributed by atoms with Crippen molar-refractivity contribution >= 4 is 11.4 Å². The van der Waals surface area contributed by atoms with Gasteiger partial charge in [0.2, 0.25) is 0 Å². The van der Waals surface area contributed by atoms with Crippen LogP contribution in [0.25, 0.3) is 0 Å². The van der Waals surface area contributed by atoms with Crippen molar-refractivity contribution < 1.29 is 14.1 Å². The van der Waals surface area contributed by atoms with Gasteiger partial charge in [0.15, 0.2) is 0 Å². The molecule has 0 amide bonds. The lowest BCUT2D eigenvalue weighted by molar-refractivity contribution is -0.384. The van der Waals surface area contributed by atoms with E-state index in [9.17, 15) is 10.1 Å². The van der Waals surface area contributed by atoms with Gasteiger partial charge >= 0.3 is 0 Å². The molecule has 1 aromatic carbocycles. The van der Waals surface area contributed by atoms with Crippen LogP contribution in [0.4, 0.5) is 11.4 Å². The lowest BCUT2D eigenvalue weighted by Crippen LogP contribution is -2.16. The molecule has 0 unspecified atom stereocenters. The Morgan fingerprint density at radius 2 is 2.23 bits per heavy atom. The first-order chi connectivity index (χ1) is 10.5. The number of rotatable bonds is 6. The van der Waals surface area contributed by atoms with Crippen LogP contribution in [0.3, 0.4) is 0 Å². The van der Waals surface area contributed by atoms with E-state index in [0.717, 1.165) is 5.76 Å². The summed E-state index contributed by atoms with van der Waals surface area (Å²) in [5.41, 5.74) is 0.373. The summed E-state index contributed by atoms with van der Waals surface area (Å²) < 4.78 is 10.7. The maximum atomic E-state index is 11.2. The van der Waals surface area contributed by atoms with Crippen LogP contribution in [0.2, 0.25) is 0 Å². The predicted molar refractivity (Wildman–Crippen MR) is 79.5 cm³/mol. The molecule has 0 fully saturated rings. The number of hydrogen-bond donors (Lipinski definition) is 1. The first kappa shape index (κ1) is 15.5. The number of nitrogens with one attached hydrogen (secondary N) is 1. The summed E-state index contributed by atoms with van der Waals surface area (Å²) in [5, 5.41) is 23.1. The molecule has 0 aliphatic heterocycles. The van der Waals surface area contributed by atoms with Gasteiger partial charge in [-0.05, 0) is 31.2 Å². The molecule has 1 atom stereocenters. The number of hydrogen-bond acceptors (Lipinski definition) is 6. The maximum Gasteiger partial charge on any atom is 0.293 e. The van der Waals surface area contributed by atoms with Gasteiger partial charge in [-0.3, -0.25) is 10.1 Å². The van der Waals surface area contributed by atoms with Gasteiger partial charge in [-0.15, -0.1) is 0 Å². The second kappa shape index (κ2) is 6.74. The van der Waals surface area contributed by atoms with Crippen LogP contribution in [0.5, 0.6) is 0 Å². The van der Waals surface area contributed by atoms with Crippen LogP contribution in [0.1, 0.15) is 23.1 Å². The number of furan rings is 1. The molecule has 0 bridgehead atoms. The summed E-state index contributed by atoms with van der Waals surface area (Å²) >= 11 is 0. The fourth-order valence-electron chi connectivity index (χ4n) is 2.06. The Morgan fingerprint density at radius 1 is 1.45 bits per heavy atom. The highest BCUT2D eigenvalue weighted by Crippen LogP contribution is 2.30. The number of aryl methyl sites for hydroxylation is 1. The summed E-state index contributed by atoms with van der Waals surface area (Å²) in [6, 6.07) is 9.39. The Kier molecular flexibility index (Phi) is 4.76. The molecule has 2 aromatic rings. The lowest BCUT2D eigenvalue weighted by atomic mass is 10.1. The van der Waals surface area contributed by atoms with Crippen LogP contribution in [0, 0.1) is 28.4 Å². The minimum Gasteiger partial charge on any atom is -0.464 e. The van der Waals surface area contributed by atoms with Crippen LogP contribution in [-0.2, 0) is 4.74 Å². The highest BCUT2D eigenvalue weighted by atomic mass is 16.6. The summed E-state index contributed by atoms with van der Waals surface area (Å²) in [4.78, 5) is 10.6. The molecule has 7 nitrogen and oxygen atoms in total. The van der Waals surface area contributed by atoms with Crippen molar-refractivity contribution in [1.82, 2.24) is 0 Å². The topological polar surface area (TPSA) is 101 Å². The van der Waals surface area contributed by atoms with E-state index in [4.69, 9.17) is 14.4 Å². The fraction of sp³-hybridized carbons (Fsp3) is 0.267. The van der Waals surface area contributed by atoms with Crippen molar-refractivity contribution in [1.29, 1.82) is 5.26 Å². The summed E-state index contributed by atoms with van der Waals surface area (Å²) in [6.45, 7) is 2.10. The molecule has 1 heterocycles. The van der Waals surface area contributed by atoms with E-state index >= 15 is 0 Å². The molecular weight excluding hydrogens is 286 g/mol. The number of nitrogens with zero attached hydrogens (tertiary/aromatic N) is 2. The van der Waals surface area contributed by atoms with Crippen molar-refractivity contribution in [3.63, 3.8) is 0 Å². The summed E-state index contributed by atoms with van der Waals surface area (Å²) in [5.74, 6) is 1.37. The molecule has 22 heavy (non-hydrogen) atoms. The van der Waals surface area contributed by atoms with E-state index in [1.807, 2.05) is 19.1 Å². The van der Waals surface area contributed by atoms with Gasteiger partial charge in [0.1, 0.15) is 23.2 Å². The van der Waals surface area contributed by atoms with E-state index in [2.05, 4.69) is 5.32 Å². The number of ether oxygens (including phenoxy) is 1.